The van der Waals surface area contributed by atoms with Gasteiger partial charge in [-0.2, -0.15) is 11.8 Å². The van der Waals surface area contributed by atoms with E-state index in [1.165, 1.54) is 18.6 Å². The highest BCUT2D eigenvalue weighted by Crippen LogP contribution is 2.36. The summed E-state index contributed by atoms with van der Waals surface area (Å²) in [7, 11) is 5.77. The average molecular weight is 392 g/mol. The van der Waals surface area contributed by atoms with E-state index in [-0.39, 0.29) is 5.91 Å². The number of benzene rings is 1. The van der Waals surface area contributed by atoms with Crippen molar-refractivity contribution in [1.29, 1.82) is 0 Å². The van der Waals surface area contributed by atoms with Gasteiger partial charge in [-0.05, 0) is 57.3 Å². The van der Waals surface area contributed by atoms with E-state index in [0.717, 1.165) is 24.6 Å². The molecule has 0 spiro atoms. The van der Waals surface area contributed by atoms with Crippen LogP contribution < -0.4 is 16.0 Å². The number of carbonyl (C=O) groups is 1. The quantitative estimate of drug-likeness (QED) is 0.467. The Morgan fingerprint density at radius 1 is 1.30 bits per heavy atom. The molecule has 7 heteroatoms. The zero-order valence-corrected chi connectivity index (χ0v) is 17.8. The molecule has 150 valence electrons. The van der Waals surface area contributed by atoms with E-state index in [2.05, 4.69) is 27.9 Å². The van der Waals surface area contributed by atoms with Crippen molar-refractivity contribution < 1.29 is 4.79 Å². The van der Waals surface area contributed by atoms with Crippen molar-refractivity contribution >= 4 is 23.6 Å². The third-order valence-corrected chi connectivity index (χ3v) is 6.19. The molecule has 1 saturated heterocycles. The second kappa shape index (κ2) is 10.6. The molecular formula is C20H33N5OS. The zero-order chi connectivity index (χ0) is 19.7. The summed E-state index contributed by atoms with van der Waals surface area (Å²) in [6, 6.07) is 7.72. The number of aliphatic imine (C=N–C) groups is 1. The first-order valence-electron chi connectivity index (χ1n) is 9.52. The maximum absolute atomic E-state index is 12.3. The molecule has 1 aliphatic rings. The summed E-state index contributed by atoms with van der Waals surface area (Å²) >= 11 is 2.03. The van der Waals surface area contributed by atoms with Gasteiger partial charge in [0.15, 0.2) is 5.96 Å². The van der Waals surface area contributed by atoms with Crippen LogP contribution in [0, 0.1) is 0 Å². The number of hydrogen-bond acceptors (Lipinski definition) is 4. The number of amides is 1. The molecule has 1 heterocycles. The molecule has 3 N–H and O–H groups in total. The van der Waals surface area contributed by atoms with Gasteiger partial charge in [0.05, 0.1) is 0 Å². The van der Waals surface area contributed by atoms with E-state index in [4.69, 9.17) is 0 Å². The monoisotopic (exact) mass is 391 g/mol. The molecule has 1 aromatic carbocycles. The summed E-state index contributed by atoms with van der Waals surface area (Å²) in [4.78, 5) is 18.6. The molecule has 1 amide bonds. The molecule has 2 rings (SSSR count). The van der Waals surface area contributed by atoms with E-state index < -0.39 is 0 Å². The van der Waals surface area contributed by atoms with Crippen molar-refractivity contribution in [2.45, 2.75) is 31.1 Å². The van der Waals surface area contributed by atoms with Crippen LogP contribution in [-0.2, 0) is 6.54 Å². The van der Waals surface area contributed by atoms with E-state index in [1.54, 1.807) is 7.05 Å². The molecule has 0 radical (unpaired) electrons. The Bertz CT molecular complexity index is 641. The van der Waals surface area contributed by atoms with Gasteiger partial charge >= 0.3 is 0 Å². The van der Waals surface area contributed by atoms with Crippen molar-refractivity contribution in [2.75, 3.05) is 46.5 Å². The van der Waals surface area contributed by atoms with Gasteiger partial charge in [0, 0.05) is 43.5 Å². The van der Waals surface area contributed by atoms with Gasteiger partial charge in [0.25, 0.3) is 5.91 Å². The molecule has 1 aromatic rings. The maximum atomic E-state index is 12.3. The van der Waals surface area contributed by atoms with E-state index >= 15 is 0 Å². The standard InChI is InChI=1S/C20H33N5OS/c1-20(9-6-12-27-20)15-24-19(21-2)23-14-16-7-5-8-17(13-16)18(26)22-10-11-25(3)4/h5,7-8,13H,6,9-12,14-15H2,1-4H3,(H,22,26)(H2,21,23,24). The van der Waals surface area contributed by atoms with Crippen LogP contribution >= 0.6 is 11.8 Å². The summed E-state index contributed by atoms with van der Waals surface area (Å²) in [6.45, 7) is 5.31. The number of guanidine groups is 1. The van der Waals surface area contributed by atoms with Crippen molar-refractivity contribution in [3.8, 4) is 0 Å². The van der Waals surface area contributed by atoms with E-state index in [9.17, 15) is 4.79 Å². The molecule has 0 saturated carbocycles. The number of rotatable bonds is 8. The van der Waals surface area contributed by atoms with Crippen LogP contribution in [0.15, 0.2) is 29.3 Å². The molecule has 0 aliphatic carbocycles. The SMILES string of the molecule is CN=C(NCc1cccc(C(=O)NCCN(C)C)c1)NCC1(C)CCCS1. The summed E-state index contributed by atoms with van der Waals surface area (Å²) in [5.74, 6) is 2.00. The van der Waals surface area contributed by atoms with Crippen molar-refractivity contribution in [2.24, 2.45) is 4.99 Å². The smallest absolute Gasteiger partial charge is 0.251 e. The number of nitrogens with zero attached hydrogens (tertiary/aromatic N) is 2. The number of nitrogens with one attached hydrogen (secondary N) is 3. The predicted octanol–water partition coefficient (Wildman–Crippen LogP) is 1.93. The Kier molecular flexibility index (Phi) is 8.44. The summed E-state index contributed by atoms with van der Waals surface area (Å²) < 4.78 is 0.294. The molecule has 6 nitrogen and oxygen atoms in total. The highest BCUT2D eigenvalue weighted by Gasteiger charge is 2.29. The van der Waals surface area contributed by atoms with Crippen molar-refractivity contribution in [3.05, 3.63) is 35.4 Å². The minimum Gasteiger partial charge on any atom is -0.355 e. The van der Waals surface area contributed by atoms with Crippen LogP contribution in [0.3, 0.4) is 0 Å². The lowest BCUT2D eigenvalue weighted by Crippen LogP contribution is -2.43. The van der Waals surface area contributed by atoms with Crippen LogP contribution in [0.1, 0.15) is 35.7 Å². The molecule has 1 unspecified atom stereocenters. The third-order valence-electron chi connectivity index (χ3n) is 4.65. The van der Waals surface area contributed by atoms with Gasteiger partial charge in [0.1, 0.15) is 0 Å². The van der Waals surface area contributed by atoms with Crippen LogP contribution in [-0.4, -0.2) is 68.0 Å². The number of likely N-dealkylation sites (N-methyl/N-ethyl adjacent to an activating group) is 1. The zero-order valence-electron chi connectivity index (χ0n) is 17.0. The second-order valence-electron chi connectivity index (χ2n) is 7.44. The van der Waals surface area contributed by atoms with Gasteiger partial charge < -0.3 is 20.9 Å². The molecule has 1 fully saturated rings. The number of carbonyl (C=O) groups excluding carboxylic acids is 1. The lowest BCUT2D eigenvalue weighted by molar-refractivity contribution is 0.0951. The van der Waals surface area contributed by atoms with E-state index in [0.29, 0.717) is 23.4 Å². The van der Waals surface area contributed by atoms with Gasteiger partial charge in [-0.3, -0.25) is 9.79 Å². The summed E-state index contributed by atoms with van der Waals surface area (Å²) in [5.41, 5.74) is 1.74. The second-order valence-corrected chi connectivity index (χ2v) is 9.12. The molecule has 0 bridgehead atoms. The van der Waals surface area contributed by atoms with Crippen LogP contribution in [0.2, 0.25) is 0 Å². The lowest BCUT2D eigenvalue weighted by Gasteiger charge is -2.24. The first-order chi connectivity index (χ1) is 12.9. The number of hydrogen-bond donors (Lipinski definition) is 3. The highest BCUT2D eigenvalue weighted by atomic mass is 32.2. The lowest BCUT2D eigenvalue weighted by atomic mass is 10.1. The minimum absolute atomic E-state index is 0.0348. The van der Waals surface area contributed by atoms with Crippen LogP contribution in [0.4, 0.5) is 0 Å². The minimum atomic E-state index is -0.0348. The Morgan fingerprint density at radius 2 is 2.11 bits per heavy atom. The fourth-order valence-electron chi connectivity index (χ4n) is 2.97. The van der Waals surface area contributed by atoms with Crippen molar-refractivity contribution in [3.63, 3.8) is 0 Å². The Hall–Kier alpha value is -1.73. The fourth-order valence-corrected chi connectivity index (χ4v) is 4.22. The number of thioether (sulfide) groups is 1. The normalized spacial score (nSPS) is 20.0. The Morgan fingerprint density at radius 3 is 2.78 bits per heavy atom. The van der Waals surface area contributed by atoms with Crippen LogP contribution in [0.25, 0.3) is 0 Å². The molecule has 27 heavy (non-hydrogen) atoms. The first kappa shape index (κ1) is 21.6. The van der Waals surface area contributed by atoms with Crippen LogP contribution in [0.5, 0.6) is 0 Å². The molecule has 1 atom stereocenters. The Balaban J connectivity index is 1.82. The van der Waals surface area contributed by atoms with Gasteiger partial charge in [0.2, 0.25) is 0 Å². The van der Waals surface area contributed by atoms with E-state index in [1.807, 2.05) is 55.0 Å². The Labute approximate surface area is 167 Å². The summed E-state index contributed by atoms with van der Waals surface area (Å²) in [6.07, 6.45) is 2.53. The maximum Gasteiger partial charge on any atom is 0.251 e. The van der Waals surface area contributed by atoms with Gasteiger partial charge in [-0.1, -0.05) is 12.1 Å². The fraction of sp³-hybridized carbons (Fsp3) is 0.600. The van der Waals surface area contributed by atoms with Crippen molar-refractivity contribution in [1.82, 2.24) is 20.9 Å². The largest absolute Gasteiger partial charge is 0.355 e. The predicted molar refractivity (Wildman–Crippen MR) is 116 cm³/mol. The topological polar surface area (TPSA) is 68.8 Å². The highest BCUT2D eigenvalue weighted by molar-refractivity contribution is 8.00. The molecular weight excluding hydrogens is 358 g/mol. The summed E-state index contributed by atoms with van der Waals surface area (Å²) in [5, 5.41) is 9.72. The average Bonchev–Trinajstić information content (AvgIpc) is 3.08. The molecule has 0 aromatic heterocycles. The van der Waals surface area contributed by atoms with Gasteiger partial charge in [-0.25, -0.2) is 0 Å². The molecule has 1 aliphatic heterocycles. The van der Waals surface area contributed by atoms with Gasteiger partial charge in [-0.15, -0.1) is 0 Å². The first-order valence-corrected chi connectivity index (χ1v) is 10.5. The third kappa shape index (κ3) is 7.42.